The van der Waals surface area contributed by atoms with Gasteiger partial charge in [-0.3, -0.25) is 14.9 Å². The molecule has 0 saturated carbocycles. The number of carbonyl (C=O) groups is 1. The van der Waals surface area contributed by atoms with Gasteiger partial charge in [-0.05, 0) is 51.3 Å². The van der Waals surface area contributed by atoms with Gasteiger partial charge in [0, 0.05) is 43.0 Å². The van der Waals surface area contributed by atoms with Gasteiger partial charge in [0.25, 0.3) is 11.6 Å². The van der Waals surface area contributed by atoms with E-state index in [1.165, 1.54) is 35.4 Å². The molecule has 34 heavy (non-hydrogen) atoms. The van der Waals surface area contributed by atoms with Gasteiger partial charge in [-0.15, -0.1) is 0 Å². The lowest BCUT2D eigenvalue weighted by atomic mass is 10.0. The number of benzene rings is 2. The molecule has 1 aliphatic heterocycles. The Hall–Kier alpha value is -3.88. The Morgan fingerprint density at radius 3 is 2.53 bits per heavy atom. The van der Waals surface area contributed by atoms with Crippen molar-refractivity contribution in [3.05, 3.63) is 76.2 Å². The highest BCUT2D eigenvalue weighted by atomic mass is 19.1. The lowest BCUT2D eigenvalue weighted by Crippen LogP contribution is -2.38. The van der Waals surface area contributed by atoms with E-state index in [1.807, 2.05) is 18.7 Å². The number of amides is 1. The Labute approximate surface area is 197 Å². The minimum atomic E-state index is -0.506. The van der Waals surface area contributed by atoms with Gasteiger partial charge in [0.2, 0.25) is 5.95 Å². The van der Waals surface area contributed by atoms with Crippen LogP contribution in [0.5, 0.6) is 0 Å². The van der Waals surface area contributed by atoms with Crippen molar-refractivity contribution in [2.24, 2.45) is 0 Å². The minimum absolute atomic E-state index is 0.123. The molecule has 2 aromatic carbocycles. The first-order chi connectivity index (χ1) is 16.4. The predicted octanol–water partition coefficient (Wildman–Crippen LogP) is 5.24. The highest BCUT2D eigenvalue weighted by Crippen LogP contribution is 2.31. The molecule has 1 fully saturated rings. The van der Waals surface area contributed by atoms with Crippen LogP contribution in [-0.2, 0) is 0 Å². The van der Waals surface area contributed by atoms with Gasteiger partial charge in [-0.2, -0.15) is 0 Å². The van der Waals surface area contributed by atoms with Crippen LogP contribution >= 0.6 is 0 Å². The molecule has 0 spiro atoms. The summed E-state index contributed by atoms with van der Waals surface area (Å²) in [6.45, 7) is 5.22. The molecule has 0 N–H and O–H groups in total. The van der Waals surface area contributed by atoms with Crippen molar-refractivity contribution in [3.8, 4) is 11.3 Å². The Bertz CT molecular complexity index is 1210. The molecule has 8 nitrogen and oxygen atoms in total. The number of hydrogen-bond donors (Lipinski definition) is 0. The Kier molecular flexibility index (Phi) is 6.81. The number of rotatable bonds is 6. The Morgan fingerprint density at radius 1 is 1.12 bits per heavy atom. The van der Waals surface area contributed by atoms with Crippen molar-refractivity contribution in [2.75, 3.05) is 22.9 Å². The largest absolute Gasteiger partial charge is 0.341 e. The van der Waals surface area contributed by atoms with Gasteiger partial charge < -0.3 is 9.80 Å². The van der Waals surface area contributed by atoms with Crippen LogP contribution in [0.1, 0.15) is 43.5 Å². The number of anilines is 2. The van der Waals surface area contributed by atoms with E-state index in [0.717, 1.165) is 32.4 Å². The van der Waals surface area contributed by atoms with Crippen LogP contribution in [0.4, 0.5) is 21.7 Å². The molecule has 2 heterocycles. The number of hydrogen-bond acceptors (Lipinski definition) is 6. The summed E-state index contributed by atoms with van der Waals surface area (Å²) >= 11 is 0. The Balaban J connectivity index is 1.83. The second-order valence-corrected chi connectivity index (χ2v) is 8.51. The molecule has 1 saturated heterocycles. The summed E-state index contributed by atoms with van der Waals surface area (Å²) in [6.07, 6.45) is 4.62. The molecule has 0 radical (unpaired) electrons. The fraction of sp³-hybridized carbons (Fsp3) is 0.320. The SMILES string of the molecule is CC(C)N(C(=O)c1cnc(N2CCCCC2)nc1-c1ccccc1F)c1cccc([N+](=O)[O-])c1. The van der Waals surface area contributed by atoms with Gasteiger partial charge in [-0.1, -0.05) is 18.2 Å². The third-order valence-electron chi connectivity index (χ3n) is 5.83. The molecular weight excluding hydrogens is 437 g/mol. The predicted molar refractivity (Wildman–Crippen MR) is 129 cm³/mol. The summed E-state index contributed by atoms with van der Waals surface area (Å²) in [5.74, 6) is -0.494. The van der Waals surface area contributed by atoms with Crippen molar-refractivity contribution in [3.63, 3.8) is 0 Å². The van der Waals surface area contributed by atoms with Crippen molar-refractivity contribution < 1.29 is 14.1 Å². The molecule has 1 amide bonds. The van der Waals surface area contributed by atoms with Crippen LogP contribution in [0, 0.1) is 15.9 Å². The van der Waals surface area contributed by atoms with Crippen LogP contribution in [0.25, 0.3) is 11.3 Å². The van der Waals surface area contributed by atoms with Crippen LogP contribution in [0.3, 0.4) is 0 Å². The molecule has 4 rings (SSSR count). The molecule has 0 unspecified atom stereocenters. The number of nitro benzene ring substituents is 1. The third kappa shape index (κ3) is 4.73. The fourth-order valence-electron chi connectivity index (χ4n) is 4.17. The molecule has 0 aliphatic carbocycles. The first-order valence-electron chi connectivity index (χ1n) is 11.3. The Morgan fingerprint density at radius 2 is 1.85 bits per heavy atom. The lowest BCUT2D eigenvalue weighted by molar-refractivity contribution is -0.384. The zero-order valence-electron chi connectivity index (χ0n) is 19.1. The van der Waals surface area contributed by atoms with E-state index in [-0.39, 0.29) is 28.6 Å². The summed E-state index contributed by atoms with van der Waals surface area (Å²) in [5.41, 5.74) is 0.783. The van der Waals surface area contributed by atoms with E-state index in [9.17, 15) is 19.3 Å². The van der Waals surface area contributed by atoms with Crippen LogP contribution in [0.15, 0.2) is 54.7 Å². The van der Waals surface area contributed by atoms with Crippen LogP contribution < -0.4 is 9.80 Å². The second kappa shape index (κ2) is 9.94. The summed E-state index contributed by atoms with van der Waals surface area (Å²) in [7, 11) is 0. The van der Waals surface area contributed by atoms with Crippen molar-refractivity contribution >= 4 is 23.2 Å². The molecule has 1 aromatic heterocycles. The topological polar surface area (TPSA) is 92.5 Å². The van der Waals surface area contributed by atoms with Crippen molar-refractivity contribution in [1.82, 2.24) is 9.97 Å². The summed E-state index contributed by atoms with van der Waals surface area (Å²) in [6, 6.07) is 11.7. The van der Waals surface area contributed by atoms with Gasteiger partial charge in [-0.25, -0.2) is 14.4 Å². The van der Waals surface area contributed by atoms with Gasteiger partial charge in [0.1, 0.15) is 5.82 Å². The third-order valence-corrected chi connectivity index (χ3v) is 5.83. The number of piperidine rings is 1. The highest BCUT2D eigenvalue weighted by molar-refractivity contribution is 6.10. The minimum Gasteiger partial charge on any atom is -0.341 e. The quantitative estimate of drug-likeness (QED) is 0.367. The molecule has 9 heteroatoms. The lowest BCUT2D eigenvalue weighted by Gasteiger charge is -2.29. The average molecular weight is 464 g/mol. The maximum Gasteiger partial charge on any atom is 0.271 e. The van der Waals surface area contributed by atoms with Crippen LogP contribution in [-0.4, -0.2) is 39.9 Å². The standard InChI is InChI=1S/C25H26FN5O3/c1-17(2)30(18-9-8-10-19(15-18)31(33)34)24(32)21-16-27-25(29-13-6-3-7-14-29)28-23(21)20-11-4-5-12-22(20)26/h4-5,8-12,15-17H,3,6-7,13-14H2,1-2H3. The number of carbonyl (C=O) groups excluding carboxylic acids is 1. The zero-order valence-corrected chi connectivity index (χ0v) is 19.1. The smallest absolute Gasteiger partial charge is 0.271 e. The number of halogens is 1. The molecule has 176 valence electrons. The van der Waals surface area contributed by atoms with E-state index in [4.69, 9.17) is 0 Å². The van der Waals surface area contributed by atoms with Gasteiger partial charge in [0.15, 0.2) is 0 Å². The van der Waals surface area contributed by atoms with E-state index < -0.39 is 16.6 Å². The zero-order chi connectivity index (χ0) is 24.2. The molecule has 3 aromatic rings. The first kappa shape index (κ1) is 23.3. The second-order valence-electron chi connectivity index (χ2n) is 8.51. The van der Waals surface area contributed by atoms with Crippen molar-refractivity contribution in [2.45, 2.75) is 39.2 Å². The summed E-state index contributed by atoms with van der Waals surface area (Å²) in [4.78, 5) is 37.2. The maximum atomic E-state index is 14.8. The van der Waals surface area contributed by atoms with E-state index in [2.05, 4.69) is 9.97 Å². The van der Waals surface area contributed by atoms with Crippen LogP contribution in [0.2, 0.25) is 0 Å². The molecule has 1 aliphatic rings. The number of non-ortho nitro benzene ring substituents is 1. The maximum absolute atomic E-state index is 14.8. The summed E-state index contributed by atoms with van der Waals surface area (Å²) < 4.78 is 14.8. The molecule has 0 bridgehead atoms. The highest BCUT2D eigenvalue weighted by Gasteiger charge is 2.28. The van der Waals surface area contributed by atoms with Gasteiger partial charge >= 0.3 is 0 Å². The number of nitrogens with zero attached hydrogens (tertiary/aromatic N) is 5. The van der Waals surface area contributed by atoms with E-state index in [0.29, 0.717) is 11.6 Å². The van der Waals surface area contributed by atoms with E-state index in [1.54, 1.807) is 24.3 Å². The normalized spacial score (nSPS) is 13.7. The van der Waals surface area contributed by atoms with Gasteiger partial charge in [0.05, 0.1) is 21.9 Å². The average Bonchev–Trinajstić information content (AvgIpc) is 2.84. The molecule has 0 atom stereocenters. The molecular formula is C25H26FN5O3. The van der Waals surface area contributed by atoms with E-state index >= 15 is 0 Å². The number of nitro groups is 1. The monoisotopic (exact) mass is 463 g/mol. The van der Waals surface area contributed by atoms with Crippen molar-refractivity contribution in [1.29, 1.82) is 0 Å². The number of aromatic nitrogens is 2. The fourth-order valence-corrected chi connectivity index (χ4v) is 4.17. The first-order valence-corrected chi connectivity index (χ1v) is 11.3. The summed E-state index contributed by atoms with van der Waals surface area (Å²) in [5, 5.41) is 11.3.